The molecule has 1 N–H and O–H groups in total. The zero-order valence-corrected chi connectivity index (χ0v) is 11.2. The number of nitrogens with one attached hydrogen (secondary N) is 1. The van der Waals surface area contributed by atoms with Gasteiger partial charge >= 0.3 is 0 Å². The molecule has 0 aliphatic carbocycles. The van der Waals surface area contributed by atoms with Crippen LogP contribution in [-0.4, -0.2) is 15.1 Å². The predicted octanol–water partition coefficient (Wildman–Crippen LogP) is 3.05. The lowest BCUT2D eigenvalue weighted by molar-refractivity contribution is -0.383. The quantitative estimate of drug-likeness (QED) is 0.584. The molecular formula is C14H12N4O3. The summed E-state index contributed by atoms with van der Waals surface area (Å²) >= 11 is 0. The Labute approximate surface area is 119 Å². The van der Waals surface area contributed by atoms with Gasteiger partial charge in [-0.2, -0.15) is 0 Å². The SMILES string of the molecule is Cc1cc(CNc2ccnc3c([N+](=O)[O-])cccc23)on1. The van der Waals surface area contributed by atoms with Crippen molar-refractivity contribution in [1.82, 2.24) is 10.1 Å². The van der Waals surface area contributed by atoms with Crippen molar-refractivity contribution in [2.45, 2.75) is 13.5 Å². The molecule has 106 valence electrons. The lowest BCUT2D eigenvalue weighted by atomic mass is 10.1. The number of aromatic nitrogens is 2. The molecular weight excluding hydrogens is 272 g/mol. The molecule has 2 heterocycles. The van der Waals surface area contributed by atoms with Gasteiger partial charge in [0.2, 0.25) is 0 Å². The first-order valence-corrected chi connectivity index (χ1v) is 6.33. The van der Waals surface area contributed by atoms with Crippen molar-refractivity contribution in [3.05, 3.63) is 58.1 Å². The highest BCUT2D eigenvalue weighted by Crippen LogP contribution is 2.28. The van der Waals surface area contributed by atoms with Crippen molar-refractivity contribution in [2.24, 2.45) is 0 Å². The summed E-state index contributed by atoms with van der Waals surface area (Å²) in [6, 6.07) is 8.49. The van der Waals surface area contributed by atoms with Crippen LogP contribution in [0.1, 0.15) is 11.5 Å². The Morgan fingerprint density at radius 3 is 2.95 bits per heavy atom. The number of anilines is 1. The molecule has 7 heteroatoms. The van der Waals surface area contributed by atoms with Gasteiger partial charge in [-0.05, 0) is 13.0 Å². The van der Waals surface area contributed by atoms with E-state index in [1.807, 2.05) is 13.0 Å². The number of non-ortho nitro benzene ring substituents is 1. The number of aryl methyl sites for hydroxylation is 1. The summed E-state index contributed by atoms with van der Waals surface area (Å²) in [6.07, 6.45) is 1.54. The summed E-state index contributed by atoms with van der Waals surface area (Å²) in [5.74, 6) is 0.697. The van der Waals surface area contributed by atoms with Crippen LogP contribution in [0.25, 0.3) is 10.9 Å². The predicted molar refractivity (Wildman–Crippen MR) is 77.0 cm³/mol. The number of hydrogen-bond acceptors (Lipinski definition) is 6. The molecule has 3 rings (SSSR count). The molecule has 0 bridgehead atoms. The van der Waals surface area contributed by atoms with E-state index >= 15 is 0 Å². The van der Waals surface area contributed by atoms with Crippen LogP contribution >= 0.6 is 0 Å². The second-order valence-electron chi connectivity index (χ2n) is 4.58. The van der Waals surface area contributed by atoms with E-state index in [-0.39, 0.29) is 5.69 Å². The highest BCUT2D eigenvalue weighted by molar-refractivity contribution is 5.96. The Morgan fingerprint density at radius 2 is 2.24 bits per heavy atom. The van der Waals surface area contributed by atoms with Gasteiger partial charge in [-0.3, -0.25) is 10.1 Å². The van der Waals surface area contributed by atoms with Crippen molar-refractivity contribution in [2.75, 3.05) is 5.32 Å². The van der Waals surface area contributed by atoms with E-state index in [4.69, 9.17) is 4.52 Å². The van der Waals surface area contributed by atoms with Crippen LogP contribution in [0.3, 0.4) is 0 Å². The third kappa shape index (κ3) is 2.53. The van der Waals surface area contributed by atoms with E-state index < -0.39 is 4.92 Å². The molecule has 2 aromatic heterocycles. The molecule has 0 atom stereocenters. The number of pyridine rings is 1. The fraction of sp³-hybridized carbons (Fsp3) is 0.143. The summed E-state index contributed by atoms with van der Waals surface area (Å²) in [7, 11) is 0. The van der Waals surface area contributed by atoms with E-state index in [0.717, 1.165) is 11.4 Å². The van der Waals surface area contributed by atoms with Crippen LogP contribution in [0.2, 0.25) is 0 Å². The summed E-state index contributed by atoms with van der Waals surface area (Å²) < 4.78 is 5.12. The molecule has 0 radical (unpaired) electrons. The van der Waals surface area contributed by atoms with Crippen molar-refractivity contribution in [1.29, 1.82) is 0 Å². The monoisotopic (exact) mass is 284 g/mol. The number of nitrogens with zero attached hydrogens (tertiary/aromatic N) is 3. The molecule has 0 aliphatic heterocycles. The second kappa shape index (κ2) is 5.20. The van der Waals surface area contributed by atoms with Gasteiger partial charge in [0, 0.05) is 29.4 Å². The molecule has 0 saturated heterocycles. The zero-order chi connectivity index (χ0) is 14.8. The average Bonchev–Trinajstić information content (AvgIpc) is 2.90. The summed E-state index contributed by atoms with van der Waals surface area (Å²) in [5, 5.41) is 18.7. The number of rotatable bonds is 4. The first kappa shape index (κ1) is 13.0. The minimum Gasteiger partial charge on any atom is -0.377 e. The van der Waals surface area contributed by atoms with Gasteiger partial charge < -0.3 is 9.84 Å². The second-order valence-corrected chi connectivity index (χ2v) is 4.58. The first-order chi connectivity index (χ1) is 10.1. The zero-order valence-electron chi connectivity index (χ0n) is 11.2. The Kier molecular flexibility index (Phi) is 3.23. The average molecular weight is 284 g/mol. The molecule has 1 aromatic carbocycles. The Morgan fingerprint density at radius 1 is 1.38 bits per heavy atom. The normalized spacial score (nSPS) is 10.7. The summed E-state index contributed by atoms with van der Waals surface area (Å²) in [5.41, 5.74) is 1.92. The van der Waals surface area contributed by atoms with Crippen molar-refractivity contribution in [3.63, 3.8) is 0 Å². The number of hydrogen-bond donors (Lipinski definition) is 1. The van der Waals surface area contributed by atoms with E-state index in [1.54, 1.807) is 24.4 Å². The summed E-state index contributed by atoms with van der Waals surface area (Å²) in [4.78, 5) is 14.7. The first-order valence-electron chi connectivity index (χ1n) is 6.33. The van der Waals surface area contributed by atoms with Crippen molar-refractivity contribution in [3.8, 4) is 0 Å². The fourth-order valence-electron chi connectivity index (χ4n) is 2.14. The molecule has 0 spiro atoms. The molecule has 0 amide bonds. The smallest absolute Gasteiger partial charge is 0.295 e. The topological polar surface area (TPSA) is 94.1 Å². The number of nitro benzene ring substituents is 1. The highest BCUT2D eigenvalue weighted by Gasteiger charge is 2.14. The van der Waals surface area contributed by atoms with E-state index in [9.17, 15) is 10.1 Å². The van der Waals surface area contributed by atoms with Gasteiger partial charge in [0.25, 0.3) is 5.69 Å². The van der Waals surface area contributed by atoms with Crippen LogP contribution < -0.4 is 5.32 Å². The number of benzene rings is 1. The maximum Gasteiger partial charge on any atom is 0.295 e. The van der Waals surface area contributed by atoms with E-state index in [0.29, 0.717) is 23.2 Å². The number of nitro groups is 1. The largest absolute Gasteiger partial charge is 0.377 e. The summed E-state index contributed by atoms with van der Waals surface area (Å²) in [6.45, 7) is 2.29. The van der Waals surface area contributed by atoms with Gasteiger partial charge in [-0.15, -0.1) is 0 Å². The third-order valence-corrected chi connectivity index (χ3v) is 3.08. The minimum atomic E-state index is -0.432. The van der Waals surface area contributed by atoms with Gasteiger partial charge in [-0.25, -0.2) is 4.98 Å². The molecule has 0 fully saturated rings. The van der Waals surface area contributed by atoms with Crippen LogP contribution in [0.15, 0.2) is 41.1 Å². The third-order valence-electron chi connectivity index (χ3n) is 3.08. The van der Waals surface area contributed by atoms with Gasteiger partial charge in [0.1, 0.15) is 5.52 Å². The van der Waals surface area contributed by atoms with Crippen LogP contribution in [-0.2, 0) is 6.54 Å². The van der Waals surface area contributed by atoms with Crippen LogP contribution in [0.5, 0.6) is 0 Å². The van der Waals surface area contributed by atoms with Crippen LogP contribution in [0.4, 0.5) is 11.4 Å². The minimum absolute atomic E-state index is 0.00772. The van der Waals surface area contributed by atoms with Gasteiger partial charge in [0.15, 0.2) is 5.76 Å². The molecule has 21 heavy (non-hydrogen) atoms. The fourth-order valence-corrected chi connectivity index (χ4v) is 2.14. The lowest BCUT2D eigenvalue weighted by Crippen LogP contribution is -2.00. The van der Waals surface area contributed by atoms with Crippen molar-refractivity contribution >= 4 is 22.3 Å². The standard InChI is InChI=1S/C14H12N4O3/c1-9-7-10(21-17-9)8-16-12-5-6-15-14-11(12)3-2-4-13(14)18(19)20/h2-7H,8H2,1H3,(H,15,16). The molecule has 7 nitrogen and oxygen atoms in total. The van der Waals surface area contributed by atoms with E-state index in [1.165, 1.54) is 6.07 Å². The highest BCUT2D eigenvalue weighted by atomic mass is 16.6. The Bertz CT molecular complexity index is 813. The maximum atomic E-state index is 11.0. The lowest BCUT2D eigenvalue weighted by Gasteiger charge is -2.07. The van der Waals surface area contributed by atoms with Gasteiger partial charge in [0.05, 0.1) is 17.2 Å². The van der Waals surface area contributed by atoms with Gasteiger partial charge in [-0.1, -0.05) is 17.3 Å². The number of fused-ring (bicyclic) bond motifs is 1. The molecule has 0 aliphatic rings. The number of para-hydroxylation sites is 1. The Hall–Kier alpha value is -2.96. The van der Waals surface area contributed by atoms with Crippen LogP contribution in [0, 0.1) is 17.0 Å². The maximum absolute atomic E-state index is 11.0. The molecule has 0 unspecified atom stereocenters. The van der Waals surface area contributed by atoms with Crippen molar-refractivity contribution < 1.29 is 9.45 Å². The van der Waals surface area contributed by atoms with E-state index in [2.05, 4.69) is 15.5 Å². The molecule has 0 saturated carbocycles. The Balaban J connectivity index is 1.95. The molecule has 3 aromatic rings.